The van der Waals surface area contributed by atoms with Crippen molar-refractivity contribution in [3.63, 3.8) is 0 Å². The van der Waals surface area contributed by atoms with E-state index in [-0.39, 0.29) is 5.91 Å². The minimum Gasteiger partial charge on any atom is -0.493 e. The van der Waals surface area contributed by atoms with Gasteiger partial charge in [0.2, 0.25) is 5.91 Å². The number of carbonyl (C=O) groups is 1. The van der Waals surface area contributed by atoms with Gasteiger partial charge in [0, 0.05) is 6.42 Å². The van der Waals surface area contributed by atoms with Gasteiger partial charge in [-0.3, -0.25) is 4.79 Å². The molecule has 1 N–H and O–H groups in total. The predicted octanol–water partition coefficient (Wildman–Crippen LogP) is 5.06. The van der Waals surface area contributed by atoms with Gasteiger partial charge in [0.1, 0.15) is 0 Å². The van der Waals surface area contributed by atoms with Crippen LogP contribution in [-0.2, 0) is 11.2 Å². The maximum atomic E-state index is 12.1. The first-order valence-electron chi connectivity index (χ1n) is 9.06. The summed E-state index contributed by atoms with van der Waals surface area (Å²) in [4.78, 5) is 16.5. The summed E-state index contributed by atoms with van der Waals surface area (Å²) in [6.45, 7) is 0. The standard InChI is InChI=1S/C21H24N2O3S/c1-25-17-13-12-15(14-18(17)26-2)8-4-3-5-11-20(24)23-21-22-16-9-6-7-10-19(16)27-21/h6-7,9-10,12-14H,3-5,8,11H2,1-2H3,(H,22,23,24). The number of nitrogens with one attached hydrogen (secondary N) is 1. The molecule has 0 atom stereocenters. The third-order valence-corrected chi connectivity index (χ3v) is 5.31. The number of benzene rings is 2. The van der Waals surface area contributed by atoms with Crippen LogP contribution < -0.4 is 14.8 Å². The van der Waals surface area contributed by atoms with Gasteiger partial charge in [-0.1, -0.05) is 36.0 Å². The van der Waals surface area contributed by atoms with Crippen LogP contribution in [-0.4, -0.2) is 25.1 Å². The number of fused-ring (bicyclic) bond motifs is 1. The summed E-state index contributed by atoms with van der Waals surface area (Å²) in [6, 6.07) is 13.9. The zero-order valence-corrected chi connectivity index (χ0v) is 16.5. The van der Waals surface area contributed by atoms with Crippen LogP contribution in [0.4, 0.5) is 5.13 Å². The van der Waals surface area contributed by atoms with Gasteiger partial charge in [-0.05, 0) is 49.1 Å². The number of para-hydroxylation sites is 1. The second-order valence-electron chi connectivity index (χ2n) is 6.28. The number of thiazole rings is 1. The lowest BCUT2D eigenvalue weighted by Crippen LogP contribution is -2.10. The molecule has 3 aromatic rings. The number of unbranched alkanes of at least 4 members (excludes halogenated alkanes) is 2. The van der Waals surface area contributed by atoms with Gasteiger partial charge < -0.3 is 14.8 Å². The zero-order valence-electron chi connectivity index (χ0n) is 15.7. The quantitative estimate of drug-likeness (QED) is 0.524. The number of nitrogens with zero attached hydrogens (tertiary/aromatic N) is 1. The van der Waals surface area contributed by atoms with Crippen molar-refractivity contribution in [3.05, 3.63) is 48.0 Å². The zero-order chi connectivity index (χ0) is 19.1. The van der Waals surface area contributed by atoms with E-state index in [4.69, 9.17) is 9.47 Å². The lowest BCUT2D eigenvalue weighted by molar-refractivity contribution is -0.116. The Morgan fingerprint density at radius 3 is 2.63 bits per heavy atom. The summed E-state index contributed by atoms with van der Waals surface area (Å²) in [5.74, 6) is 1.53. The van der Waals surface area contributed by atoms with Crippen LogP contribution >= 0.6 is 11.3 Å². The summed E-state index contributed by atoms with van der Waals surface area (Å²) in [6.07, 6.45) is 4.37. The van der Waals surface area contributed by atoms with E-state index in [0.717, 1.165) is 47.4 Å². The fourth-order valence-electron chi connectivity index (χ4n) is 2.94. The normalized spacial score (nSPS) is 10.7. The topological polar surface area (TPSA) is 60.5 Å². The van der Waals surface area contributed by atoms with Crippen LogP contribution in [0.15, 0.2) is 42.5 Å². The van der Waals surface area contributed by atoms with Gasteiger partial charge in [0.05, 0.1) is 24.4 Å². The van der Waals surface area contributed by atoms with E-state index in [1.165, 1.54) is 16.9 Å². The van der Waals surface area contributed by atoms with Crippen LogP contribution in [0, 0.1) is 0 Å². The highest BCUT2D eigenvalue weighted by atomic mass is 32.1. The maximum Gasteiger partial charge on any atom is 0.226 e. The highest BCUT2D eigenvalue weighted by molar-refractivity contribution is 7.22. The number of amides is 1. The maximum absolute atomic E-state index is 12.1. The van der Waals surface area contributed by atoms with E-state index < -0.39 is 0 Å². The molecule has 1 aromatic heterocycles. The molecule has 0 aliphatic rings. The summed E-state index contributed by atoms with van der Waals surface area (Å²) in [5, 5.41) is 3.58. The van der Waals surface area contributed by atoms with Crippen molar-refractivity contribution in [2.75, 3.05) is 19.5 Å². The lowest BCUT2D eigenvalue weighted by atomic mass is 10.1. The van der Waals surface area contributed by atoms with Crippen molar-refractivity contribution < 1.29 is 14.3 Å². The monoisotopic (exact) mass is 384 g/mol. The molecule has 0 saturated heterocycles. The molecule has 1 heterocycles. The number of methoxy groups -OCH3 is 2. The summed E-state index contributed by atoms with van der Waals surface area (Å²) >= 11 is 1.51. The third kappa shape index (κ3) is 5.20. The molecule has 2 aromatic carbocycles. The molecule has 3 rings (SSSR count). The fourth-order valence-corrected chi connectivity index (χ4v) is 3.82. The highest BCUT2D eigenvalue weighted by Gasteiger charge is 2.08. The molecule has 0 aliphatic heterocycles. The van der Waals surface area contributed by atoms with E-state index in [9.17, 15) is 4.79 Å². The van der Waals surface area contributed by atoms with Gasteiger partial charge in [0.15, 0.2) is 16.6 Å². The van der Waals surface area contributed by atoms with Crippen LogP contribution in [0.1, 0.15) is 31.2 Å². The number of anilines is 1. The molecule has 6 heteroatoms. The second-order valence-corrected chi connectivity index (χ2v) is 7.32. The van der Waals surface area contributed by atoms with Gasteiger partial charge in [-0.15, -0.1) is 0 Å². The Bertz CT molecular complexity index is 874. The lowest BCUT2D eigenvalue weighted by Gasteiger charge is -2.09. The largest absolute Gasteiger partial charge is 0.493 e. The summed E-state index contributed by atoms with van der Waals surface area (Å²) in [7, 11) is 3.28. The van der Waals surface area contributed by atoms with Gasteiger partial charge in [-0.2, -0.15) is 0 Å². The molecule has 5 nitrogen and oxygen atoms in total. The Morgan fingerprint density at radius 2 is 1.85 bits per heavy atom. The average Bonchev–Trinajstić information content (AvgIpc) is 3.09. The van der Waals surface area contributed by atoms with E-state index in [1.807, 2.05) is 36.4 Å². The smallest absolute Gasteiger partial charge is 0.226 e. The van der Waals surface area contributed by atoms with Gasteiger partial charge in [0.25, 0.3) is 0 Å². The molecule has 0 aliphatic carbocycles. The second kappa shape index (κ2) is 9.37. The Balaban J connectivity index is 1.39. The summed E-state index contributed by atoms with van der Waals surface area (Å²) in [5.41, 5.74) is 2.14. The number of aromatic nitrogens is 1. The molecule has 0 fully saturated rings. The number of hydrogen-bond acceptors (Lipinski definition) is 5. The van der Waals surface area contributed by atoms with Gasteiger partial charge in [-0.25, -0.2) is 4.98 Å². The Kier molecular flexibility index (Phi) is 6.65. The number of hydrogen-bond donors (Lipinski definition) is 1. The first kappa shape index (κ1) is 19.2. The highest BCUT2D eigenvalue weighted by Crippen LogP contribution is 2.28. The predicted molar refractivity (Wildman–Crippen MR) is 110 cm³/mol. The van der Waals surface area contributed by atoms with Crippen molar-refractivity contribution in [2.45, 2.75) is 32.1 Å². The SMILES string of the molecule is COc1ccc(CCCCCC(=O)Nc2nc3ccccc3s2)cc1OC. The van der Waals surface area contributed by atoms with Crippen molar-refractivity contribution in [2.24, 2.45) is 0 Å². The molecule has 0 saturated carbocycles. The van der Waals surface area contributed by atoms with E-state index in [0.29, 0.717) is 11.6 Å². The first-order chi connectivity index (χ1) is 13.2. The molecule has 27 heavy (non-hydrogen) atoms. The average molecular weight is 385 g/mol. The van der Waals surface area contributed by atoms with Crippen molar-refractivity contribution in [1.82, 2.24) is 4.98 Å². The van der Waals surface area contributed by atoms with Crippen LogP contribution in [0.5, 0.6) is 11.5 Å². The van der Waals surface area contributed by atoms with E-state index >= 15 is 0 Å². The van der Waals surface area contributed by atoms with Gasteiger partial charge >= 0.3 is 0 Å². The molecule has 142 valence electrons. The molecule has 0 unspecified atom stereocenters. The Hall–Kier alpha value is -2.60. The Morgan fingerprint density at radius 1 is 1.04 bits per heavy atom. The first-order valence-corrected chi connectivity index (χ1v) is 9.87. The van der Waals surface area contributed by atoms with Crippen LogP contribution in [0.3, 0.4) is 0 Å². The van der Waals surface area contributed by atoms with Crippen molar-refractivity contribution in [1.29, 1.82) is 0 Å². The fraction of sp³-hybridized carbons (Fsp3) is 0.333. The minimum absolute atomic E-state index is 0.0279. The van der Waals surface area contributed by atoms with Crippen molar-refractivity contribution >= 4 is 32.6 Å². The number of carbonyl (C=O) groups excluding carboxylic acids is 1. The molecular weight excluding hydrogens is 360 g/mol. The van der Waals surface area contributed by atoms with Crippen molar-refractivity contribution in [3.8, 4) is 11.5 Å². The molecule has 0 bridgehead atoms. The number of aryl methyl sites for hydroxylation is 1. The molecule has 1 amide bonds. The molecule has 0 radical (unpaired) electrons. The van der Waals surface area contributed by atoms with Crippen LogP contribution in [0.25, 0.3) is 10.2 Å². The molecular formula is C21H24N2O3S. The van der Waals surface area contributed by atoms with Crippen LogP contribution in [0.2, 0.25) is 0 Å². The Labute approximate surface area is 163 Å². The van der Waals surface area contributed by atoms with E-state index in [2.05, 4.69) is 16.4 Å². The molecule has 0 spiro atoms. The van der Waals surface area contributed by atoms with E-state index in [1.54, 1.807) is 14.2 Å². The summed E-state index contributed by atoms with van der Waals surface area (Å²) < 4.78 is 11.7. The number of rotatable bonds is 9. The third-order valence-electron chi connectivity index (χ3n) is 4.36. The number of ether oxygens (including phenoxy) is 2. The minimum atomic E-state index is 0.0279.